The van der Waals surface area contributed by atoms with Crippen molar-refractivity contribution in [3.05, 3.63) is 23.0 Å². The van der Waals surface area contributed by atoms with E-state index in [4.69, 9.17) is 21.4 Å². The summed E-state index contributed by atoms with van der Waals surface area (Å²) in [6.45, 7) is 4.38. The molecular weight excluding hydrogens is 313 g/mol. The number of carboxylic acids is 2. The molecule has 0 saturated carbocycles. The molecule has 0 atom stereocenters. The Kier molecular flexibility index (Phi) is 8.10. The molecule has 0 spiro atoms. The second kappa shape index (κ2) is 8.98. The molecule has 0 aliphatic heterocycles. The number of aliphatic imine (C=N–C) groups is 1. The van der Waals surface area contributed by atoms with Crippen LogP contribution in [0.25, 0.3) is 0 Å². The Morgan fingerprint density at radius 3 is 2.36 bits per heavy atom. The predicted octanol–water partition coefficient (Wildman–Crippen LogP) is 2.01. The monoisotopic (exact) mass is 331 g/mol. The van der Waals surface area contributed by atoms with Gasteiger partial charge in [0.05, 0.1) is 5.75 Å². The minimum atomic E-state index is -1.24. The molecule has 0 aliphatic carbocycles. The van der Waals surface area contributed by atoms with Crippen molar-refractivity contribution in [1.29, 1.82) is 5.41 Å². The van der Waals surface area contributed by atoms with Crippen molar-refractivity contribution in [3.8, 4) is 0 Å². The lowest BCUT2D eigenvalue weighted by Crippen LogP contribution is -2.19. The summed E-state index contributed by atoms with van der Waals surface area (Å²) in [4.78, 5) is 24.9. The lowest BCUT2D eigenvalue weighted by Gasteiger charge is -2.09. The van der Waals surface area contributed by atoms with Crippen LogP contribution in [0.15, 0.2) is 28.0 Å². The minimum Gasteiger partial charge on any atom is -0.481 e. The van der Waals surface area contributed by atoms with E-state index >= 15 is 0 Å². The molecule has 0 saturated heterocycles. The number of amidine groups is 2. The van der Waals surface area contributed by atoms with E-state index < -0.39 is 28.9 Å². The molecule has 0 heterocycles. The Hall–Kier alpha value is -2.16. The lowest BCUT2D eigenvalue weighted by molar-refractivity contribution is -0.134. The minimum absolute atomic E-state index is 0.145. The molecule has 0 aromatic rings. The van der Waals surface area contributed by atoms with Gasteiger partial charge in [-0.1, -0.05) is 25.6 Å². The van der Waals surface area contributed by atoms with Crippen molar-refractivity contribution in [3.63, 3.8) is 0 Å². The first-order chi connectivity index (χ1) is 10.1. The molecular formula is C13H18FN3O4S. The van der Waals surface area contributed by atoms with E-state index in [0.717, 1.165) is 6.08 Å². The van der Waals surface area contributed by atoms with Gasteiger partial charge in [0.25, 0.3) is 0 Å². The first kappa shape index (κ1) is 19.8. The highest BCUT2D eigenvalue weighted by Gasteiger charge is 2.15. The van der Waals surface area contributed by atoms with Gasteiger partial charge < -0.3 is 15.9 Å². The molecule has 122 valence electrons. The van der Waals surface area contributed by atoms with E-state index in [2.05, 4.69) is 4.99 Å². The van der Waals surface area contributed by atoms with E-state index in [0.29, 0.717) is 11.8 Å². The van der Waals surface area contributed by atoms with Crippen molar-refractivity contribution in [2.45, 2.75) is 20.8 Å². The summed E-state index contributed by atoms with van der Waals surface area (Å²) in [5.41, 5.74) is 5.25. The zero-order valence-electron chi connectivity index (χ0n) is 12.4. The van der Waals surface area contributed by atoms with Gasteiger partial charge in [0.15, 0.2) is 5.17 Å². The zero-order chi connectivity index (χ0) is 17.4. The SMILES string of the molecule is C\C(=C/C(C(/N)=N/C(=N)SCC(=O)O)=C(/F)C(C)C)C(=O)O. The molecule has 0 rings (SSSR count). The van der Waals surface area contributed by atoms with Crippen LogP contribution in [-0.2, 0) is 9.59 Å². The summed E-state index contributed by atoms with van der Waals surface area (Å²) >= 11 is 0.610. The Morgan fingerprint density at radius 1 is 1.41 bits per heavy atom. The average molecular weight is 331 g/mol. The largest absolute Gasteiger partial charge is 0.481 e. The third kappa shape index (κ3) is 7.02. The fourth-order valence-electron chi connectivity index (χ4n) is 1.19. The zero-order valence-corrected chi connectivity index (χ0v) is 13.2. The second-order valence-electron chi connectivity index (χ2n) is 4.53. The van der Waals surface area contributed by atoms with E-state index in [1.165, 1.54) is 6.92 Å². The molecule has 22 heavy (non-hydrogen) atoms. The molecule has 0 fully saturated rings. The van der Waals surface area contributed by atoms with Crippen molar-refractivity contribution in [1.82, 2.24) is 0 Å². The van der Waals surface area contributed by atoms with Gasteiger partial charge in [0.1, 0.15) is 11.7 Å². The van der Waals surface area contributed by atoms with Crippen molar-refractivity contribution in [2.75, 3.05) is 5.75 Å². The lowest BCUT2D eigenvalue weighted by atomic mass is 10.0. The number of hydrogen-bond acceptors (Lipinski definition) is 4. The number of thioether (sulfide) groups is 1. The maximum Gasteiger partial charge on any atom is 0.331 e. The maximum absolute atomic E-state index is 14.1. The van der Waals surface area contributed by atoms with Crippen LogP contribution in [0.4, 0.5) is 4.39 Å². The van der Waals surface area contributed by atoms with Crippen molar-refractivity contribution in [2.24, 2.45) is 16.6 Å². The van der Waals surface area contributed by atoms with E-state index in [9.17, 15) is 14.0 Å². The standard InChI is InChI=1S/C13H18FN3O4S/c1-6(2)10(14)8(4-7(3)12(20)21)11(15)17-13(16)22-5-9(18)19/h4,6H,5H2,1-3H3,(H,18,19)(H,20,21)(H3,15,16,17)/b7-4+,10-8-. The number of rotatable bonds is 6. The van der Waals surface area contributed by atoms with Crippen LogP contribution in [0.1, 0.15) is 20.8 Å². The van der Waals surface area contributed by atoms with Gasteiger partial charge >= 0.3 is 11.9 Å². The summed E-state index contributed by atoms with van der Waals surface area (Å²) in [5.74, 6) is -4.35. The number of carbonyl (C=O) groups is 2. The van der Waals surface area contributed by atoms with Gasteiger partial charge in [-0.2, -0.15) is 0 Å². The Bertz CT molecular complexity index is 568. The maximum atomic E-state index is 14.1. The highest BCUT2D eigenvalue weighted by Crippen LogP contribution is 2.19. The van der Waals surface area contributed by atoms with Crippen LogP contribution in [0.3, 0.4) is 0 Å². The van der Waals surface area contributed by atoms with Crippen LogP contribution in [0.5, 0.6) is 0 Å². The molecule has 9 heteroatoms. The highest BCUT2D eigenvalue weighted by atomic mass is 32.2. The van der Waals surface area contributed by atoms with Gasteiger partial charge in [0.2, 0.25) is 0 Å². The summed E-state index contributed by atoms with van der Waals surface area (Å²) < 4.78 is 14.1. The number of carboxylic acid groups (broad SMARTS) is 2. The van der Waals surface area contributed by atoms with E-state index in [-0.39, 0.29) is 22.7 Å². The average Bonchev–Trinajstić information content (AvgIpc) is 2.40. The van der Waals surface area contributed by atoms with Gasteiger partial charge in [0, 0.05) is 17.1 Å². The van der Waals surface area contributed by atoms with Gasteiger partial charge in [-0.05, 0) is 13.0 Å². The normalized spacial score (nSPS) is 13.9. The van der Waals surface area contributed by atoms with Gasteiger partial charge in [-0.15, -0.1) is 0 Å². The van der Waals surface area contributed by atoms with Crippen LogP contribution < -0.4 is 5.73 Å². The summed E-state index contributed by atoms with van der Waals surface area (Å²) in [7, 11) is 0. The van der Waals surface area contributed by atoms with Crippen LogP contribution >= 0.6 is 11.8 Å². The van der Waals surface area contributed by atoms with Gasteiger partial charge in [-0.25, -0.2) is 14.2 Å². The number of hydrogen-bond donors (Lipinski definition) is 4. The molecule has 0 unspecified atom stereocenters. The predicted molar refractivity (Wildman–Crippen MR) is 83.8 cm³/mol. The summed E-state index contributed by atoms with van der Waals surface area (Å²) in [5, 5.41) is 24.4. The summed E-state index contributed by atoms with van der Waals surface area (Å²) in [6.07, 6.45) is 1.03. The summed E-state index contributed by atoms with van der Waals surface area (Å²) in [6, 6.07) is 0. The first-order valence-electron chi connectivity index (χ1n) is 6.15. The Morgan fingerprint density at radius 2 is 1.95 bits per heavy atom. The fourth-order valence-corrected chi connectivity index (χ4v) is 1.61. The number of halogens is 1. The Labute approximate surface area is 131 Å². The van der Waals surface area contributed by atoms with Crippen molar-refractivity contribution >= 4 is 34.7 Å². The first-order valence-corrected chi connectivity index (χ1v) is 7.13. The molecule has 0 aromatic carbocycles. The molecule has 5 N–H and O–H groups in total. The van der Waals surface area contributed by atoms with Gasteiger partial charge in [-0.3, -0.25) is 10.2 Å². The smallest absolute Gasteiger partial charge is 0.331 e. The highest BCUT2D eigenvalue weighted by molar-refractivity contribution is 8.14. The second-order valence-corrected chi connectivity index (χ2v) is 5.50. The number of nitrogens with one attached hydrogen (secondary N) is 1. The molecule has 0 aliphatic rings. The Balaban J connectivity index is 5.58. The number of allylic oxidation sites excluding steroid dienone is 1. The molecule has 7 nitrogen and oxygen atoms in total. The number of nitrogens with zero attached hydrogens (tertiary/aromatic N) is 1. The molecule has 0 aromatic heterocycles. The van der Waals surface area contributed by atoms with Crippen LogP contribution in [0, 0.1) is 11.3 Å². The molecule has 0 bridgehead atoms. The third-order valence-corrected chi connectivity index (χ3v) is 3.05. The fraction of sp³-hybridized carbons (Fsp3) is 0.385. The number of aliphatic carboxylic acids is 2. The molecule has 0 amide bonds. The van der Waals surface area contributed by atoms with E-state index in [1.54, 1.807) is 13.8 Å². The van der Waals surface area contributed by atoms with Crippen molar-refractivity contribution < 1.29 is 24.2 Å². The van der Waals surface area contributed by atoms with Crippen LogP contribution in [-0.4, -0.2) is 38.9 Å². The molecule has 0 radical (unpaired) electrons. The van der Waals surface area contributed by atoms with E-state index in [1.807, 2.05) is 0 Å². The third-order valence-electron chi connectivity index (χ3n) is 2.29. The topological polar surface area (TPSA) is 137 Å². The quantitative estimate of drug-likeness (QED) is 0.254. The van der Waals surface area contributed by atoms with Crippen LogP contribution in [0.2, 0.25) is 0 Å². The number of nitrogens with two attached hydrogens (primary N) is 1.